The van der Waals surface area contributed by atoms with Crippen LogP contribution in [-0.2, 0) is 11.3 Å². The number of nitrogens with zero attached hydrogens (tertiary/aromatic N) is 2. The lowest BCUT2D eigenvalue weighted by atomic mass is 10.1. The number of thioether (sulfide) groups is 1. The van der Waals surface area contributed by atoms with Crippen molar-refractivity contribution < 1.29 is 31.9 Å². The van der Waals surface area contributed by atoms with Crippen LogP contribution < -0.4 is 5.76 Å². The van der Waals surface area contributed by atoms with Gasteiger partial charge in [-0.05, 0) is 47.7 Å². The molecule has 1 N–H and O–H groups in total. The first-order chi connectivity index (χ1) is 16.7. The number of hydrogen-bond acceptors (Lipinski definition) is 7. The third-order valence-corrected chi connectivity index (χ3v) is 6.29. The number of ether oxygens (including phenoxy) is 1. The lowest BCUT2D eigenvalue weighted by molar-refractivity contribution is -0.0328. The molecular weight excluding hydrogens is 487 g/mol. The van der Waals surface area contributed by atoms with Gasteiger partial charge in [0.25, 0.3) is 0 Å². The van der Waals surface area contributed by atoms with E-state index >= 15 is 0 Å². The Labute approximate surface area is 202 Å². The average molecular weight is 510 g/mol. The Morgan fingerprint density at radius 2 is 1.77 bits per heavy atom. The summed E-state index contributed by atoms with van der Waals surface area (Å²) < 4.78 is 47.5. The minimum atomic E-state index is -4.35. The number of benzene rings is 2. The minimum absolute atomic E-state index is 0.0316. The van der Waals surface area contributed by atoms with Crippen molar-refractivity contribution in [3.8, 4) is 0 Å². The first kappa shape index (κ1) is 24.9. The van der Waals surface area contributed by atoms with Crippen LogP contribution in [-0.4, -0.2) is 64.9 Å². The molecule has 0 unspecified atom stereocenters. The number of oxazole rings is 1. The zero-order valence-electron chi connectivity index (χ0n) is 18.5. The molecule has 186 valence electrons. The van der Waals surface area contributed by atoms with Gasteiger partial charge in [0.15, 0.2) is 11.4 Å². The molecule has 1 fully saturated rings. The summed E-state index contributed by atoms with van der Waals surface area (Å²) in [5.41, 5.74) is -2.41. The monoisotopic (exact) mass is 509 g/mol. The number of alkyl halides is 3. The van der Waals surface area contributed by atoms with Crippen molar-refractivity contribution in [3.63, 3.8) is 0 Å². The Balaban J connectivity index is 1.18. The Hall–Kier alpha value is -3.25. The highest BCUT2D eigenvalue weighted by Gasteiger charge is 2.29. The fourth-order valence-corrected chi connectivity index (χ4v) is 4.24. The predicted molar refractivity (Wildman–Crippen MR) is 122 cm³/mol. The smallest absolute Gasteiger partial charge is 0.445 e. The van der Waals surface area contributed by atoms with Crippen molar-refractivity contribution in [2.24, 2.45) is 0 Å². The van der Waals surface area contributed by atoms with Gasteiger partial charge in [-0.1, -0.05) is 12.1 Å². The third-order valence-electron chi connectivity index (χ3n) is 5.55. The number of Topliss-reactive ketones (excluding diaryl/α,β-unsaturated/α-hetero) is 1. The van der Waals surface area contributed by atoms with Crippen molar-refractivity contribution in [2.45, 2.75) is 23.4 Å². The Bertz CT molecular complexity index is 1250. The highest BCUT2D eigenvalue weighted by atomic mass is 32.2. The zero-order chi connectivity index (χ0) is 25.0. The summed E-state index contributed by atoms with van der Waals surface area (Å²) in [6, 6.07) is 10.5. The molecule has 2 heterocycles. The van der Waals surface area contributed by atoms with Gasteiger partial charge in [-0.15, -0.1) is 0 Å². The lowest BCUT2D eigenvalue weighted by Crippen LogP contribution is -2.49. The summed E-state index contributed by atoms with van der Waals surface area (Å²) >= 11 is -0.196. The molecule has 0 atom stereocenters. The van der Waals surface area contributed by atoms with Gasteiger partial charge in [0.05, 0.1) is 5.52 Å². The van der Waals surface area contributed by atoms with Crippen LogP contribution in [0.1, 0.15) is 22.3 Å². The molecule has 1 aromatic heterocycles. The van der Waals surface area contributed by atoms with Crippen LogP contribution in [0, 0.1) is 0 Å². The fraction of sp³-hybridized carbons (Fsp3) is 0.348. The van der Waals surface area contributed by atoms with Crippen molar-refractivity contribution >= 4 is 34.7 Å². The SMILES string of the molecule is O=C(CCN1CCN(C(=O)OCc2ccc(SC(F)(F)F)cc2)CC1)c1ccc2[nH]c(=O)oc2c1. The molecule has 0 bridgehead atoms. The van der Waals surface area contributed by atoms with Crippen LogP contribution in [0.4, 0.5) is 18.0 Å². The van der Waals surface area contributed by atoms with E-state index in [9.17, 15) is 27.6 Å². The number of fused-ring (bicyclic) bond motifs is 1. The summed E-state index contributed by atoms with van der Waals surface area (Å²) in [4.78, 5) is 42.4. The van der Waals surface area contributed by atoms with Crippen LogP contribution in [0.25, 0.3) is 11.1 Å². The quantitative estimate of drug-likeness (QED) is 0.376. The molecule has 0 radical (unpaired) electrons. The second-order valence-corrected chi connectivity index (χ2v) is 9.11. The number of H-pyrrole nitrogens is 1. The van der Waals surface area contributed by atoms with Crippen LogP contribution in [0.3, 0.4) is 0 Å². The van der Waals surface area contributed by atoms with Gasteiger partial charge < -0.3 is 14.1 Å². The molecule has 8 nitrogen and oxygen atoms in total. The van der Waals surface area contributed by atoms with E-state index in [-0.39, 0.29) is 35.5 Å². The number of carbonyl (C=O) groups excluding carboxylic acids is 2. The van der Waals surface area contributed by atoms with Crippen molar-refractivity contribution in [2.75, 3.05) is 32.7 Å². The predicted octanol–water partition coefficient (Wildman–Crippen LogP) is 4.26. The van der Waals surface area contributed by atoms with E-state index in [1.807, 2.05) is 0 Å². The van der Waals surface area contributed by atoms with E-state index in [1.54, 1.807) is 23.1 Å². The van der Waals surface area contributed by atoms with E-state index in [2.05, 4.69) is 9.88 Å². The van der Waals surface area contributed by atoms with E-state index < -0.39 is 17.4 Å². The van der Waals surface area contributed by atoms with Crippen LogP contribution >= 0.6 is 11.8 Å². The number of carbonyl (C=O) groups is 2. The molecule has 0 aliphatic carbocycles. The number of ketones is 1. The van der Waals surface area contributed by atoms with E-state index in [0.29, 0.717) is 55.0 Å². The zero-order valence-corrected chi connectivity index (χ0v) is 19.3. The number of amides is 1. The normalized spacial score (nSPS) is 14.9. The summed E-state index contributed by atoms with van der Waals surface area (Å²) in [6.45, 7) is 2.54. The Kier molecular flexibility index (Phi) is 7.51. The summed E-state index contributed by atoms with van der Waals surface area (Å²) in [7, 11) is 0. The molecule has 1 aliphatic heterocycles. The van der Waals surface area contributed by atoms with E-state index in [1.165, 1.54) is 24.3 Å². The fourth-order valence-electron chi connectivity index (χ4n) is 3.70. The van der Waals surface area contributed by atoms with Crippen molar-refractivity contribution in [1.82, 2.24) is 14.8 Å². The molecule has 1 saturated heterocycles. The highest BCUT2D eigenvalue weighted by Crippen LogP contribution is 2.36. The van der Waals surface area contributed by atoms with Crippen LogP contribution in [0.2, 0.25) is 0 Å². The van der Waals surface area contributed by atoms with Crippen LogP contribution in [0.5, 0.6) is 0 Å². The molecule has 0 spiro atoms. The van der Waals surface area contributed by atoms with Crippen molar-refractivity contribution in [1.29, 1.82) is 0 Å². The average Bonchev–Trinajstić information content (AvgIpc) is 3.20. The second-order valence-electron chi connectivity index (χ2n) is 7.97. The first-order valence-electron chi connectivity index (χ1n) is 10.8. The molecule has 1 aliphatic rings. The molecule has 12 heteroatoms. The standard InChI is InChI=1S/C23H22F3N3O5S/c24-23(25,26)35-17-4-1-15(2-5-17)14-33-22(32)29-11-9-28(10-12-29)8-7-19(30)16-3-6-18-20(13-16)34-21(31)27-18/h1-6,13H,7-12,14H2,(H,27,31). The Morgan fingerprint density at radius 3 is 2.46 bits per heavy atom. The maximum atomic E-state index is 12.5. The largest absolute Gasteiger partial charge is 0.446 e. The number of piperazine rings is 1. The lowest BCUT2D eigenvalue weighted by Gasteiger charge is -2.33. The maximum Gasteiger partial charge on any atom is 0.446 e. The van der Waals surface area contributed by atoms with Gasteiger partial charge in [-0.3, -0.25) is 14.7 Å². The molecular formula is C23H22F3N3O5S. The Morgan fingerprint density at radius 1 is 1.06 bits per heavy atom. The number of halogens is 3. The number of rotatable bonds is 7. The number of hydrogen-bond donors (Lipinski definition) is 1. The first-order valence-corrected chi connectivity index (χ1v) is 11.6. The summed E-state index contributed by atoms with van der Waals surface area (Å²) in [6.07, 6.45) is -0.205. The molecule has 1 amide bonds. The second kappa shape index (κ2) is 10.6. The topological polar surface area (TPSA) is 95.9 Å². The number of aromatic nitrogens is 1. The molecule has 4 rings (SSSR count). The molecule has 35 heavy (non-hydrogen) atoms. The van der Waals surface area contributed by atoms with Crippen molar-refractivity contribution in [3.05, 3.63) is 64.1 Å². The van der Waals surface area contributed by atoms with E-state index in [4.69, 9.17) is 9.15 Å². The maximum absolute atomic E-state index is 12.5. The van der Waals surface area contributed by atoms with Gasteiger partial charge in [0, 0.05) is 49.6 Å². The number of aromatic amines is 1. The molecule has 2 aromatic carbocycles. The van der Waals surface area contributed by atoms with Gasteiger partial charge in [-0.25, -0.2) is 9.59 Å². The minimum Gasteiger partial charge on any atom is -0.445 e. The number of nitrogens with one attached hydrogen (secondary N) is 1. The molecule has 0 saturated carbocycles. The third kappa shape index (κ3) is 6.89. The van der Waals surface area contributed by atoms with Gasteiger partial charge in [0.2, 0.25) is 0 Å². The van der Waals surface area contributed by atoms with Gasteiger partial charge in [0.1, 0.15) is 6.61 Å². The van der Waals surface area contributed by atoms with E-state index in [0.717, 1.165) is 0 Å². The molecule has 3 aromatic rings. The van der Waals surface area contributed by atoms with Gasteiger partial charge >= 0.3 is 17.4 Å². The highest BCUT2D eigenvalue weighted by molar-refractivity contribution is 8.00. The van der Waals surface area contributed by atoms with Gasteiger partial charge in [-0.2, -0.15) is 13.2 Å². The van der Waals surface area contributed by atoms with Crippen LogP contribution in [0.15, 0.2) is 56.6 Å². The summed E-state index contributed by atoms with van der Waals surface area (Å²) in [5, 5.41) is 0. The summed E-state index contributed by atoms with van der Waals surface area (Å²) in [5.74, 6) is -0.642.